The third-order valence-corrected chi connectivity index (χ3v) is 4.83. The molecule has 0 aliphatic heterocycles. The van der Waals surface area contributed by atoms with E-state index in [4.69, 9.17) is 0 Å². The van der Waals surface area contributed by atoms with Crippen molar-refractivity contribution in [3.05, 3.63) is 77.9 Å². The fourth-order valence-electron chi connectivity index (χ4n) is 3.18. The lowest BCUT2D eigenvalue weighted by Crippen LogP contribution is -2.13. The Morgan fingerprint density at radius 3 is 2.34 bits per heavy atom. The minimum atomic E-state index is -0.173. The van der Waals surface area contributed by atoms with Crippen LogP contribution in [-0.4, -0.2) is 34.9 Å². The van der Waals surface area contributed by atoms with Gasteiger partial charge in [-0.25, -0.2) is 4.98 Å². The highest BCUT2D eigenvalue weighted by Gasteiger charge is 2.13. The fourth-order valence-corrected chi connectivity index (χ4v) is 3.18. The number of hydrogen-bond acceptors (Lipinski definition) is 4. The van der Waals surface area contributed by atoms with Crippen molar-refractivity contribution >= 4 is 28.3 Å². The van der Waals surface area contributed by atoms with E-state index in [1.165, 1.54) is 0 Å². The third kappa shape index (κ3) is 3.65. The number of carbonyl (C=O) groups excluding carboxylic acids is 1. The van der Waals surface area contributed by atoms with Gasteiger partial charge < -0.3 is 15.4 Å². The van der Waals surface area contributed by atoms with E-state index in [-0.39, 0.29) is 5.91 Å². The molecule has 0 atom stereocenters. The number of nitrogens with one attached hydrogen (secondary N) is 1. The molecule has 4 rings (SSSR count). The van der Waals surface area contributed by atoms with Gasteiger partial charge in [-0.15, -0.1) is 0 Å². The second-order valence-electron chi connectivity index (χ2n) is 7.21. The molecule has 0 bridgehead atoms. The lowest BCUT2D eigenvalue weighted by molar-refractivity contribution is 0.102. The molecule has 0 aliphatic rings. The number of imidazole rings is 1. The molecule has 1 amide bonds. The van der Waals surface area contributed by atoms with E-state index in [1.807, 2.05) is 68.4 Å². The van der Waals surface area contributed by atoms with Crippen LogP contribution in [0.3, 0.4) is 0 Å². The van der Waals surface area contributed by atoms with Gasteiger partial charge in [-0.3, -0.25) is 4.79 Å². The summed E-state index contributed by atoms with van der Waals surface area (Å²) in [5.74, 6) is 0.288. The molecule has 0 saturated heterocycles. The Kier molecular flexibility index (Phi) is 4.68. The van der Waals surface area contributed by atoms with E-state index < -0.39 is 0 Å². The van der Waals surface area contributed by atoms with Crippen molar-refractivity contribution in [3.8, 4) is 11.4 Å². The molecule has 29 heavy (non-hydrogen) atoms. The Balaban J connectivity index is 1.53. The Bertz CT molecular complexity index is 1180. The summed E-state index contributed by atoms with van der Waals surface area (Å²) in [5.41, 5.74) is 5.53. The van der Waals surface area contributed by atoms with Crippen LogP contribution in [0.25, 0.3) is 22.4 Å². The maximum absolute atomic E-state index is 12.5. The molecule has 6 nitrogen and oxygen atoms in total. The van der Waals surface area contributed by atoms with E-state index in [9.17, 15) is 10.0 Å². The maximum atomic E-state index is 12.5. The zero-order valence-electron chi connectivity index (χ0n) is 16.5. The SMILES string of the molecule is Cc1ccc2c(c1)nc(-c1ccc(NC(=O)c3ccc(N(C)C)cc3)cc1)n2O. The van der Waals surface area contributed by atoms with Crippen molar-refractivity contribution in [2.24, 2.45) is 0 Å². The average molecular weight is 386 g/mol. The predicted molar refractivity (Wildman–Crippen MR) is 116 cm³/mol. The van der Waals surface area contributed by atoms with Gasteiger partial charge in [0.1, 0.15) is 5.52 Å². The van der Waals surface area contributed by atoms with Crippen molar-refractivity contribution in [3.63, 3.8) is 0 Å². The summed E-state index contributed by atoms with van der Waals surface area (Å²) in [5, 5.41) is 13.3. The zero-order chi connectivity index (χ0) is 20.5. The molecule has 6 heteroatoms. The van der Waals surface area contributed by atoms with Crippen molar-refractivity contribution in [1.29, 1.82) is 0 Å². The number of rotatable bonds is 4. The van der Waals surface area contributed by atoms with Gasteiger partial charge in [0.15, 0.2) is 5.82 Å². The monoisotopic (exact) mass is 386 g/mol. The number of hydrogen-bond donors (Lipinski definition) is 2. The van der Waals surface area contributed by atoms with Gasteiger partial charge >= 0.3 is 0 Å². The van der Waals surface area contributed by atoms with E-state index in [2.05, 4.69) is 10.3 Å². The third-order valence-electron chi connectivity index (χ3n) is 4.83. The van der Waals surface area contributed by atoms with Gasteiger partial charge in [0.25, 0.3) is 5.91 Å². The standard InChI is InChI=1S/C23H22N4O2/c1-15-4-13-21-20(14-15)25-22(27(21)29)16-5-9-18(10-6-16)24-23(28)17-7-11-19(12-8-17)26(2)3/h4-14,29H,1-3H3,(H,24,28). The number of aryl methyl sites for hydroxylation is 1. The molecular weight excluding hydrogens is 364 g/mol. The van der Waals surface area contributed by atoms with Crippen LogP contribution in [0.2, 0.25) is 0 Å². The topological polar surface area (TPSA) is 70.4 Å². The molecule has 0 spiro atoms. The van der Waals surface area contributed by atoms with Crippen molar-refractivity contribution in [1.82, 2.24) is 9.71 Å². The minimum Gasteiger partial charge on any atom is -0.426 e. The van der Waals surface area contributed by atoms with Crippen LogP contribution in [0.1, 0.15) is 15.9 Å². The maximum Gasteiger partial charge on any atom is 0.255 e. The Morgan fingerprint density at radius 2 is 1.69 bits per heavy atom. The van der Waals surface area contributed by atoms with Crippen LogP contribution in [0.15, 0.2) is 66.7 Å². The van der Waals surface area contributed by atoms with E-state index >= 15 is 0 Å². The van der Waals surface area contributed by atoms with Gasteiger partial charge in [-0.1, -0.05) is 6.07 Å². The largest absolute Gasteiger partial charge is 0.426 e. The van der Waals surface area contributed by atoms with E-state index in [1.54, 1.807) is 24.3 Å². The summed E-state index contributed by atoms with van der Waals surface area (Å²) < 4.78 is 1.09. The molecule has 1 heterocycles. The second kappa shape index (κ2) is 7.31. The van der Waals surface area contributed by atoms with Crippen LogP contribution in [0.4, 0.5) is 11.4 Å². The molecule has 0 saturated carbocycles. The van der Waals surface area contributed by atoms with Crippen molar-refractivity contribution in [2.75, 3.05) is 24.3 Å². The van der Waals surface area contributed by atoms with Gasteiger partial charge in [-0.2, -0.15) is 4.73 Å². The Hall–Kier alpha value is -3.80. The first-order chi connectivity index (χ1) is 13.9. The number of anilines is 2. The Morgan fingerprint density at radius 1 is 1.00 bits per heavy atom. The molecule has 0 unspecified atom stereocenters. The molecule has 1 aromatic heterocycles. The van der Waals surface area contributed by atoms with Crippen LogP contribution >= 0.6 is 0 Å². The number of carbonyl (C=O) groups is 1. The molecule has 146 valence electrons. The molecule has 4 aromatic rings. The lowest BCUT2D eigenvalue weighted by atomic mass is 10.1. The van der Waals surface area contributed by atoms with Gasteiger partial charge in [0, 0.05) is 36.6 Å². The average Bonchev–Trinajstić information content (AvgIpc) is 3.04. The molecule has 0 aliphatic carbocycles. The van der Waals surface area contributed by atoms with Crippen LogP contribution in [0, 0.1) is 6.92 Å². The van der Waals surface area contributed by atoms with Gasteiger partial charge in [0.05, 0.1) is 5.52 Å². The molecule has 3 aromatic carbocycles. The van der Waals surface area contributed by atoms with E-state index in [0.717, 1.165) is 27.1 Å². The quantitative estimate of drug-likeness (QED) is 0.504. The number of amides is 1. The number of benzene rings is 3. The molecule has 0 radical (unpaired) electrons. The first kappa shape index (κ1) is 18.6. The number of aromatic nitrogens is 2. The molecular formula is C23H22N4O2. The highest BCUT2D eigenvalue weighted by atomic mass is 16.5. The summed E-state index contributed by atoms with van der Waals surface area (Å²) in [6.45, 7) is 1.99. The summed E-state index contributed by atoms with van der Waals surface area (Å²) in [4.78, 5) is 19.0. The molecule has 2 N–H and O–H groups in total. The fraction of sp³-hybridized carbons (Fsp3) is 0.130. The van der Waals surface area contributed by atoms with Crippen LogP contribution in [0.5, 0.6) is 0 Å². The normalized spacial score (nSPS) is 10.9. The predicted octanol–water partition coefficient (Wildman–Crippen LogP) is 4.57. The van der Waals surface area contributed by atoms with Crippen LogP contribution < -0.4 is 10.2 Å². The Labute approximate surface area is 169 Å². The first-order valence-electron chi connectivity index (χ1n) is 9.30. The number of fused-ring (bicyclic) bond motifs is 1. The van der Waals surface area contributed by atoms with E-state index in [0.29, 0.717) is 22.6 Å². The zero-order valence-corrected chi connectivity index (χ0v) is 16.5. The van der Waals surface area contributed by atoms with Gasteiger partial charge in [-0.05, 0) is 73.2 Å². The minimum absolute atomic E-state index is 0.173. The number of nitrogens with zero attached hydrogens (tertiary/aromatic N) is 3. The van der Waals surface area contributed by atoms with Crippen molar-refractivity contribution in [2.45, 2.75) is 6.92 Å². The van der Waals surface area contributed by atoms with Gasteiger partial charge in [0.2, 0.25) is 0 Å². The first-order valence-corrected chi connectivity index (χ1v) is 9.30. The smallest absolute Gasteiger partial charge is 0.255 e. The summed E-state index contributed by atoms with van der Waals surface area (Å²) in [7, 11) is 3.91. The summed E-state index contributed by atoms with van der Waals surface area (Å²) >= 11 is 0. The van der Waals surface area contributed by atoms with Crippen LogP contribution in [-0.2, 0) is 0 Å². The lowest BCUT2D eigenvalue weighted by Gasteiger charge is -2.12. The molecule has 0 fully saturated rings. The summed E-state index contributed by atoms with van der Waals surface area (Å²) in [6.07, 6.45) is 0. The van der Waals surface area contributed by atoms with Crippen molar-refractivity contribution < 1.29 is 10.0 Å². The second-order valence-corrected chi connectivity index (χ2v) is 7.21. The highest BCUT2D eigenvalue weighted by Crippen LogP contribution is 2.25. The highest BCUT2D eigenvalue weighted by molar-refractivity contribution is 6.04. The summed E-state index contributed by atoms with van der Waals surface area (Å²) in [6, 6.07) is 20.4.